The molecular formula is C17H20N2O2. The normalized spacial score (nSPS) is 11.8. The van der Waals surface area contributed by atoms with E-state index in [4.69, 9.17) is 10.5 Å². The Bertz CT molecular complexity index is 581. The Morgan fingerprint density at radius 3 is 2.33 bits per heavy atom. The molecule has 0 aliphatic rings. The fourth-order valence-electron chi connectivity index (χ4n) is 2.13. The first-order valence-corrected chi connectivity index (χ1v) is 6.80. The lowest BCUT2D eigenvalue weighted by molar-refractivity contribution is -0.131. The summed E-state index contributed by atoms with van der Waals surface area (Å²) >= 11 is 0. The highest BCUT2D eigenvalue weighted by atomic mass is 16.5. The van der Waals surface area contributed by atoms with Gasteiger partial charge in [0.2, 0.25) is 5.91 Å². The summed E-state index contributed by atoms with van der Waals surface area (Å²) in [4.78, 5) is 14.0. The second-order valence-corrected chi connectivity index (χ2v) is 4.93. The molecule has 2 aromatic carbocycles. The number of carbonyl (C=O) groups is 1. The largest absolute Gasteiger partial charge is 0.497 e. The van der Waals surface area contributed by atoms with Crippen molar-refractivity contribution in [2.45, 2.75) is 12.6 Å². The lowest BCUT2D eigenvalue weighted by Crippen LogP contribution is -2.35. The van der Waals surface area contributed by atoms with Crippen molar-refractivity contribution >= 4 is 5.91 Å². The Hall–Kier alpha value is -2.33. The second-order valence-electron chi connectivity index (χ2n) is 4.93. The van der Waals surface area contributed by atoms with Crippen LogP contribution in [-0.4, -0.2) is 25.0 Å². The lowest BCUT2D eigenvalue weighted by Gasteiger charge is -2.21. The van der Waals surface area contributed by atoms with E-state index in [2.05, 4.69) is 0 Å². The number of likely N-dealkylation sites (N-methyl/N-ethyl adjacent to an activating group) is 1. The smallest absolute Gasteiger partial charge is 0.244 e. The molecule has 4 nitrogen and oxygen atoms in total. The number of nitrogens with two attached hydrogens (primary N) is 1. The SMILES string of the molecule is COc1ccc([C@H](N)C(=O)N(C)Cc2ccccc2)cc1. The molecule has 1 atom stereocenters. The predicted molar refractivity (Wildman–Crippen MR) is 82.8 cm³/mol. The third kappa shape index (κ3) is 3.83. The molecule has 0 heterocycles. The van der Waals surface area contributed by atoms with Crippen LogP contribution in [0, 0.1) is 0 Å². The number of hydrogen-bond donors (Lipinski definition) is 1. The molecule has 1 amide bonds. The number of methoxy groups -OCH3 is 1. The van der Waals surface area contributed by atoms with Gasteiger partial charge in [0.15, 0.2) is 0 Å². The molecule has 0 aliphatic heterocycles. The minimum Gasteiger partial charge on any atom is -0.497 e. The highest BCUT2D eigenvalue weighted by Gasteiger charge is 2.19. The number of nitrogens with zero attached hydrogens (tertiary/aromatic N) is 1. The Labute approximate surface area is 125 Å². The summed E-state index contributed by atoms with van der Waals surface area (Å²) in [6, 6.07) is 16.4. The zero-order valence-electron chi connectivity index (χ0n) is 12.3. The molecular weight excluding hydrogens is 264 g/mol. The number of rotatable bonds is 5. The van der Waals surface area contributed by atoms with Gasteiger partial charge in [0, 0.05) is 13.6 Å². The zero-order valence-corrected chi connectivity index (χ0v) is 12.3. The molecule has 0 spiro atoms. The van der Waals surface area contributed by atoms with Crippen LogP contribution in [0.2, 0.25) is 0 Å². The van der Waals surface area contributed by atoms with E-state index in [1.54, 1.807) is 31.2 Å². The van der Waals surface area contributed by atoms with Crippen molar-refractivity contribution in [1.82, 2.24) is 4.90 Å². The van der Waals surface area contributed by atoms with Crippen molar-refractivity contribution in [3.8, 4) is 5.75 Å². The van der Waals surface area contributed by atoms with E-state index in [0.717, 1.165) is 16.9 Å². The van der Waals surface area contributed by atoms with Crippen LogP contribution in [0.5, 0.6) is 5.75 Å². The second kappa shape index (κ2) is 6.90. The number of hydrogen-bond acceptors (Lipinski definition) is 3. The first kappa shape index (κ1) is 15.1. The first-order chi connectivity index (χ1) is 10.1. The molecule has 0 fully saturated rings. The predicted octanol–water partition coefficient (Wildman–Crippen LogP) is 2.35. The summed E-state index contributed by atoms with van der Waals surface area (Å²) in [5.74, 6) is 0.639. The summed E-state index contributed by atoms with van der Waals surface area (Å²) in [5.41, 5.74) is 7.91. The third-order valence-corrected chi connectivity index (χ3v) is 3.38. The van der Waals surface area contributed by atoms with E-state index >= 15 is 0 Å². The molecule has 4 heteroatoms. The Balaban J connectivity index is 2.03. The van der Waals surface area contributed by atoms with Gasteiger partial charge >= 0.3 is 0 Å². The van der Waals surface area contributed by atoms with Crippen LogP contribution in [0.15, 0.2) is 54.6 Å². The van der Waals surface area contributed by atoms with Crippen molar-refractivity contribution in [3.05, 3.63) is 65.7 Å². The summed E-state index contributed by atoms with van der Waals surface area (Å²) in [5, 5.41) is 0. The van der Waals surface area contributed by atoms with Crippen LogP contribution in [0.3, 0.4) is 0 Å². The highest BCUT2D eigenvalue weighted by molar-refractivity contribution is 5.82. The fraction of sp³-hybridized carbons (Fsp3) is 0.235. The Kier molecular flexibility index (Phi) is 4.95. The molecule has 2 N–H and O–H groups in total. The number of ether oxygens (including phenoxy) is 1. The maximum absolute atomic E-state index is 12.4. The van der Waals surface area contributed by atoms with Crippen molar-refractivity contribution in [1.29, 1.82) is 0 Å². The van der Waals surface area contributed by atoms with Gasteiger partial charge in [-0.2, -0.15) is 0 Å². The van der Waals surface area contributed by atoms with Gasteiger partial charge in [-0.15, -0.1) is 0 Å². The minimum atomic E-state index is -0.662. The van der Waals surface area contributed by atoms with Gasteiger partial charge in [-0.3, -0.25) is 4.79 Å². The van der Waals surface area contributed by atoms with Crippen molar-refractivity contribution in [2.24, 2.45) is 5.73 Å². The summed E-state index contributed by atoms with van der Waals surface area (Å²) in [6.45, 7) is 0.545. The third-order valence-electron chi connectivity index (χ3n) is 3.38. The van der Waals surface area contributed by atoms with E-state index in [0.29, 0.717) is 6.54 Å². The van der Waals surface area contributed by atoms with Crippen LogP contribution in [0.4, 0.5) is 0 Å². The van der Waals surface area contributed by atoms with E-state index in [1.165, 1.54) is 0 Å². The van der Waals surface area contributed by atoms with Gasteiger partial charge in [-0.25, -0.2) is 0 Å². The lowest BCUT2D eigenvalue weighted by atomic mass is 10.1. The monoisotopic (exact) mass is 284 g/mol. The summed E-state index contributed by atoms with van der Waals surface area (Å²) in [6.07, 6.45) is 0. The number of benzene rings is 2. The van der Waals surface area contributed by atoms with Gasteiger partial charge in [0.1, 0.15) is 11.8 Å². The van der Waals surface area contributed by atoms with E-state index in [9.17, 15) is 4.79 Å². The molecule has 0 saturated heterocycles. The maximum atomic E-state index is 12.4. The van der Waals surface area contributed by atoms with Gasteiger partial charge in [0.25, 0.3) is 0 Å². The molecule has 0 saturated carbocycles. The molecule has 0 unspecified atom stereocenters. The van der Waals surface area contributed by atoms with Crippen LogP contribution < -0.4 is 10.5 Å². The zero-order chi connectivity index (χ0) is 15.2. The number of amides is 1. The number of carbonyl (C=O) groups excluding carboxylic acids is 1. The molecule has 0 bridgehead atoms. The molecule has 2 aromatic rings. The van der Waals surface area contributed by atoms with Crippen molar-refractivity contribution in [2.75, 3.05) is 14.2 Å². The standard InChI is InChI=1S/C17H20N2O2/c1-19(12-13-6-4-3-5-7-13)17(20)16(18)14-8-10-15(21-2)11-9-14/h3-11,16H,12,18H2,1-2H3/t16-/m0/s1. The Morgan fingerprint density at radius 1 is 1.14 bits per heavy atom. The molecule has 21 heavy (non-hydrogen) atoms. The summed E-state index contributed by atoms with van der Waals surface area (Å²) < 4.78 is 5.10. The van der Waals surface area contributed by atoms with Crippen LogP contribution >= 0.6 is 0 Å². The first-order valence-electron chi connectivity index (χ1n) is 6.80. The average Bonchev–Trinajstić information content (AvgIpc) is 2.54. The van der Waals surface area contributed by atoms with Gasteiger partial charge < -0.3 is 15.4 Å². The van der Waals surface area contributed by atoms with Crippen LogP contribution in [-0.2, 0) is 11.3 Å². The van der Waals surface area contributed by atoms with Gasteiger partial charge in [-0.05, 0) is 23.3 Å². The summed E-state index contributed by atoms with van der Waals surface area (Å²) in [7, 11) is 3.37. The van der Waals surface area contributed by atoms with Crippen LogP contribution in [0.25, 0.3) is 0 Å². The topological polar surface area (TPSA) is 55.6 Å². The maximum Gasteiger partial charge on any atom is 0.244 e. The Morgan fingerprint density at radius 2 is 1.76 bits per heavy atom. The van der Waals surface area contributed by atoms with Crippen molar-refractivity contribution < 1.29 is 9.53 Å². The quantitative estimate of drug-likeness (QED) is 0.917. The van der Waals surface area contributed by atoms with Crippen molar-refractivity contribution in [3.63, 3.8) is 0 Å². The average molecular weight is 284 g/mol. The van der Waals surface area contributed by atoms with E-state index in [1.807, 2.05) is 42.5 Å². The van der Waals surface area contributed by atoms with Crippen LogP contribution in [0.1, 0.15) is 17.2 Å². The molecule has 2 rings (SSSR count). The molecule has 0 radical (unpaired) electrons. The van der Waals surface area contributed by atoms with Gasteiger partial charge in [0.05, 0.1) is 7.11 Å². The van der Waals surface area contributed by atoms with E-state index < -0.39 is 6.04 Å². The van der Waals surface area contributed by atoms with E-state index in [-0.39, 0.29) is 5.91 Å². The fourth-order valence-corrected chi connectivity index (χ4v) is 2.13. The minimum absolute atomic E-state index is 0.107. The highest BCUT2D eigenvalue weighted by Crippen LogP contribution is 2.18. The molecule has 0 aromatic heterocycles. The molecule has 110 valence electrons. The van der Waals surface area contributed by atoms with Gasteiger partial charge in [-0.1, -0.05) is 42.5 Å². The molecule has 0 aliphatic carbocycles.